The van der Waals surface area contributed by atoms with Crippen molar-refractivity contribution in [2.75, 3.05) is 6.54 Å². The molecule has 0 spiro atoms. The van der Waals surface area contributed by atoms with Gasteiger partial charge in [0.2, 0.25) is 0 Å². The van der Waals surface area contributed by atoms with Gasteiger partial charge >= 0.3 is 0 Å². The number of amides is 1. The lowest BCUT2D eigenvalue weighted by molar-refractivity contribution is 0.0954. The summed E-state index contributed by atoms with van der Waals surface area (Å²) in [5, 5.41) is 7.23. The van der Waals surface area contributed by atoms with Crippen LogP contribution < -0.4 is 5.32 Å². The van der Waals surface area contributed by atoms with Crippen LogP contribution in [0.4, 0.5) is 0 Å². The summed E-state index contributed by atoms with van der Waals surface area (Å²) in [5.74, 6) is -0.00957. The van der Waals surface area contributed by atoms with Crippen molar-refractivity contribution in [3.63, 3.8) is 0 Å². The third-order valence-corrected chi connectivity index (χ3v) is 4.16. The van der Waals surface area contributed by atoms with Crippen LogP contribution in [0.25, 0.3) is 11.1 Å². The molecule has 0 unspecified atom stereocenters. The largest absolute Gasteiger partial charge is 0.352 e. The number of carbonyl (C=O) groups excluding carboxylic acids is 1. The molecule has 0 saturated carbocycles. The van der Waals surface area contributed by atoms with Crippen molar-refractivity contribution in [2.45, 2.75) is 26.3 Å². The van der Waals surface area contributed by atoms with Crippen molar-refractivity contribution in [1.82, 2.24) is 15.1 Å². The zero-order valence-electron chi connectivity index (χ0n) is 14.5. The van der Waals surface area contributed by atoms with Gasteiger partial charge in [-0.3, -0.25) is 9.48 Å². The van der Waals surface area contributed by atoms with E-state index in [1.54, 1.807) is 6.20 Å². The number of benzene rings is 2. The van der Waals surface area contributed by atoms with Gasteiger partial charge in [0.25, 0.3) is 5.91 Å². The highest BCUT2D eigenvalue weighted by Crippen LogP contribution is 2.24. The SMILES string of the molecule is CCCCNC(=O)c1ccccc1-c1ccc(Cn2cccn2)cc1. The van der Waals surface area contributed by atoms with Crippen molar-refractivity contribution in [3.05, 3.63) is 78.1 Å². The molecule has 2 aromatic carbocycles. The molecule has 0 aliphatic rings. The van der Waals surface area contributed by atoms with E-state index >= 15 is 0 Å². The van der Waals surface area contributed by atoms with Crippen LogP contribution in [-0.2, 0) is 6.54 Å². The maximum Gasteiger partial charge on any atom is 0.251 e. The Morgan fingerprint density at radius 1 is 1.08 bits per heavy atom. The number of hydrogen-bond donors (Lipinski definition) is 1. The molecule has 0 aliphatic carbocycles. The van der Waals surface area contributed by atoms with Gasteiger partial charge in [-0.25, -0.2) is 0 Å². The number of rotatable bonds is 7. The molecule has 4 heteroatoms. The minimum absolute atomic E-state index is 0.00957. The quantitative estimate of drug-likeness (QED) is 0.661. The average molecular weight is 333 g/mol. The molecule has 3 rings (SSSR count). The number of nitrogens with zero attached hydrogens (tertiary/aromatic N) is 2. The maximum atomic E-state index is 12.5. The van der Waals surface area contributed by atoms with Gasteiger partial charge in [0.1, 0.15) is 0 Å². The summed E-state index contributed by atoms with van der Waals surface area (Å²) >= 11 is 0. The zero-order valence-corrected chi connectivity index (χ0v) is 14.5. The molecule has 1 aromatic heterocycles. The van der Waals surface area contributed by atoms with E-state index in [2.05, 4.69) is 41.6 Å². The first-order valence-corrected chi connectivity index (χ1v) is 8.72. The molecule has 0 fully saturated rings. The van der Waals surface area contributed by atoms with Crippen LogP contribution in [0.5, 0.6) is 0 Å². The van der Waals surface area contributed by atoms with Crippen LogP contribution in [0.2, 0.25) is 0 Å². The molecule has 0 saturated heterocycles. The molecule has 0 atom stereocenters. The Balaban J connectivity index is 1.78. The van der Waals surface area contributed by atoms with Crippen LogP contribution in [0, 0.1) is 0 Å². The Morgan fingerprint density at radius 2 is 1.88 bits per heavy atom. The third kappa shape index (κ3) is 4.35. The summed E-state index contributed by atoms with van der Waals surface area (Å²) < 4.78 is 1.89. The fraction of sp³-hybridized carbons (Fsp3) is 0.238. The van der Waals surface area contributed by atoms with Gasteiger partial charge in [-0.1, -0.05) is 55.8 Å². The molecule has 1 amide bonds. The van der Waals surface area contributed by atoms with E-state index in [4.69, 9.17) is 0 Å². The van der Waals surface area contributed by atoms with E-state index < -0.39 is 0 Å². The van der Waals surface area contributed by atoms with E-state index in [0.29, 0.717) is 6.54 Å². The van der Waals surface area contributed by atoms with E-state index in [-0.39, 0.29) is 5.91 Å². The second-order valence-electron chi connectivity index (χ2n) is 6.06. The van der Waals surface area contributed by atoms with Crippen molar-refractivity contribution in [2.24, 2.45) is 0 Å². The summed E-state index contributed by atoms with van der Waals surface area (Å²) in [6, 6.07) is 18.0. The van der Waals surface area contributed by atoms with Crippen molar-refractivity contribution >= 4 is 5.91 Å². The van der Waals surface area contributed by atoms with Gasteiger partial charge in [-0.2, -0.15) is 5.10 Å². The lowest BCUT2D eigenvalue weighted by Gasteiger charge is -2.11. The molecule has 128 valence electrons. The second kappa shape index (κ2) is 8.29. The first-order chi connectivity index (χ1) is 12.3. The zero-order chi connectivity index (χ0) is 17.5. The Morgan fingerprint density at radius 3 is 2.60 bits per heavy atom. The number of unbranched alkanes of at least 4 members (excludes halogenated alkanes) is 1. The van der Waals surface area contributed by atoms with Gasteiger partial charge < -0.3 is 5.32 Å². The predicted octanol–water partition coefficient (Wildman–Crippen LogP) is 4.13. The van der Waals surface area contributed by atoms with Crippen molar-refractivity contribution in [1.29, 1.82) is 0 Å². The molecule has 4 nitrogen and oxygen atoms in total. The van der Waals surface area contributed by atoms with Crippen LogP contribution in [0.15, 0.2) is 67.0 Å². The van der Waals surface area contributed by atoms with E-state index in [0.717, 1.165) is 36.1 Å². The average Bonchev–Trinajstić information content (AvgIpc) is 3.15. The summed E-state index contributed by atoms with van der Waals surface area (Å²) in [6.45, 7) is 3.57. The normalized spacial score (nSPS) is 10.6. The van der Waals surface area contributed by atoms with E-state index in [1.807, 2.05) is 41.2 Å². The highest BCUT2D eigenvalue weighted by atomic mass is 16.1. The Bertz CT molecular complexity index is 807. The van der Waals surface area contributed by atoms with Gasteiger partial charge in [-0.05, 0) is 35.2 Å². The topological polar surface area (TPSA) is 46.9 Å². The maximum absolute atomic E-state index is 12.5. The lowest BCUT2D eigenvalue weighted by atomic mass is 9.98. The lowest BCUT2D eigenvalue weighted by Crippen LogP contribution is -2.24. The number of hydrogen-bond acceptors (Lipinski definition) is 2. The Hall–Kier alpha value is -2.88. The minimum Gasteiger partial charge on any atom is -0.352 e. The summed E-state index contributed by atoms with van der Waals surface area (Å²) in [6.07, 6.45) is 5.79. The van der Waals surface area contributed by atoms with Gasteiger partial charge in [0.05, 0.1) is 6.54 Å². The van der Waals surface area contributed by atoms with Crippen molar-refractivity contribution < 1.29 is 4.79 Å². The fourth-order valence-corrected chi connectivity index (χ4v) is 2.78. The first kappa shape index (κ1) is 17.0. The highest BCUT2D eigenvalue weighted by Gasteiger charge is 2.11. The van der Waals surface area contributed by atoms with Gasteiger partial charge in [0.15, 0.2) is 0 Å². The molecule has 1 N–H and O–H groups in total. The second-order valence-corrected chi connectivity index (χ2v) is 6.06. The Kier molecular flexibility index (Phi) is 5.62. The summed E-state index contributed by atoms with van der Waals surface area (Å²) in [7, 11) is 0. The fourth-order valence-electron chi connectivity index (χ4n) is 2.78. The molecule has 3 aromatic rings. The van der Waals surface area contributed by atoms with Crippen LogP contribution in [-0.4, -0.2) is 22.2 Å². The third-order valence-electron chi connectivity index (χ3n) is 4.16. The Labute approximate surface area is 148 Å². The van der Waals surface area contributed by atoms with E-state index in [9.17, 15) is 4.79 Å². The molecular weight excluding hydrogens is 310 g/mol. The van der Waals surface area contributed by atoms with Crippen LogP contribution in [0.3, 0.4) is 0 Å². The summed E-state index contributed by atoms with van der Waals surface area (Å²) in [4.78, 5) is 12.5. The number of carbonyl (C=O) groups is 1. The molecule has 1 heterocycles. The summed E-state index contributed by atoms with van der Waals surface area (Å²) in [5.41, 5.74) is 3.91. The number of aromatic nitrogens is 2. The van der Waals surface area contributed by atoms with Crippen molar-refractivity contribution in [3.8, 4) is 11.1 Å². The molecular formula is C21H23N3O. The van der Waals surface area contributed by atoms with Crippen LogP contribution >= 0.6 is 0 Å². The monoisotopic (exact) mass is 333 g/mol. The minimum atomic E-state index is -0.00957. The van der Waals surface area contributed by atoms with E-state index in [1.165, 1.54) is 5.56 Å². The van der Waals surface area contributed by atoms with Gasteiger partial charge in [0, 0.05) is 24.5 Å². The first-order valence-electron chi connectivity index (χ1n) is 8.72. The molecule has 0 aliphatic heterocycles. The van der Waals surface area contributed by atoms with Crippen LogP contribution in [0.1, 0.15) is 35.7 Å². The highest BCUT2D eigenvalue weighted by molar-refractivity contribution is 6.00. The predicted molar refractivity (Wildman–Crippen MR) is 100 cm³/mol. The van der Waals surface area contributed by atoms with Gasteiger partial charge in [-0.15, -0.1) is 0 Å². The number of nitrogens with one attached hydrogen (secondary N) is 1. The molecule has 25 heavy (non-hydrogen) atoms. The molecule has 0 bridgehead atoms. The standard InChI is InChI=1S/C21H23N3O/c1-2-3-13-22-21(25)20-8-5-4-7-19(20)18-11-9-17(10-12-18)16-24-15-6-14-23-24/h4-12,14-15H,2-3,13,16H2,1H3,(H,22,25). The molecule has 0 radical (unpaired) electrons. The smallest absolute Gasteiger partial charge is 0.251 e.